The molecule has 3 saturated carbocycles. The van der Waals surface area contributed by atoms with E-state index in [1.54, 1.807) is 12.1 Å². The van der Waals surface area contributed by atoms with Gasteiger partial charge in [-0.15, -0.1) is 0 Å². The molecule has 0 bridgehead atoms. The topological polar surface area (TPSA) is 29.5 Å². The number of hydrogen-bond donors (Lipinski definition) is 0. The van der Waals surface area contributed by atoms with E-state index in [4.69, 9.17) is 4.74 Å². The molecule has 0 N–H and O–H groups in total. The fraction of sp³-hybridized carbons (Fsp3) is 0.767. The van der Waals surface area contributed by atoms with E-state index in [0.29, 0.717) is 25.0 Å². The van der Waals surface area contributed by atoms with Crippen molar-refractivity contribution in [3.05, 3.63) is 35.6 Å². The van der Waals surface area contributed by atoms with Crippen molar-refractivity contribution in [1.29, 1.82) is 0 Å². The third kappa shape index (κ3) is 7.29. The molecule has 0 aromatic heterocycles. The van der Waals surface area contributed by atoms with Gasteiger partial charge in [0.15, 0.2) is 0 Å². The van der Waals surface area contributed by atoms with Crippen LogP contribution in [0.2, 0.25) is 0 Å². The molecular formula is C30H46FNO2. The van der Waals surface area contributed by atoms with Gasteiger partial charge in [-0.25, -0.2) is 4.39 Å². The lowest BCUT2D eigenvalue weighted by atomic mass is 9.72. The zero-order valence-electron chi connectivity index (χ0n) is 21.4. The highest BCUT2D eigenvalue weighted by Gasteiger charge is 2.38. The lowest BCUT2D eigenvalue weighted by Gasteiger charge is -2.46. The molecule has 190 valence electrons. The first-order valence-electron chi connectivity index (χ1n) is 14.3. The fourth-order valence-corrected chi connectivity index (χ4v) is 7.16. The van der Waals surface area contributed by atoms with Crippen LogP contribution in [-0.4, -0.2) is 36.6 Å². The summed E-state index contributed by atoms with van der Waals surface area (Å²) in [5.41, 5.74) is 1.12. The van der Waals surface area contributed by atoms with Crippen molar-refractivity contribution in [2.24, 2.45) is 17.8 Å². The average Bonchev–Trinajstić information content (AvgIpc) is 2.85. The molecule has 3 nitrogen and oxygen atoms in total. The Balaban J connectivity index is 1.54. The Morgan fingerprint density at radius 1 is 0.912 bits per heavy atom. The molecule has 34 heavy (non-hydrogen) atoms. The number of hydrogen-bond acceptors (Lipinski definition) is 3. The SMILES string of the molecule is CCOC(=O)C[C@@H]1CC[C@@H](N(CC2CCCCC2)CC2CCCCC2)[C@H](c2cccc(F)c2)C1. The summed E-state index contributed by atoms with van der Waals surface area (Å²) in [5, 5.41) is 0. The Morgan fingerprint density at radius 2 is 1.56 bits per heavy atom. The Hall–Kier alpha value is -1.42. The van der Waals surface area contributed by atoms with E-state index < -0.39 is 0 Å². The molecule has 0 aliphatic heterocycles. The first-order valence-corrected chi connectivity index (χ1v) is 14.3. The Kier molecular flexibility index (Phi) is 9.85. The first-order chi connectivity index (χ1) is 16.6. The molecule has 4 rings (SSSR count). The first kappa shape index (κ1) is 25.7. The quantitative estimate of drug-likeness (QED) is 0.349. The number of esters is 1. The summed E-state index contributed by atoms with van der Waals surface area (Å²) >= 11 is 0. The predicted molar refractivity (Wildman–Crippen MR) is 136 cm³/mol. The third-order valence-electron chi connectivity index (χ3n) is 8.86. The van der Waals surface area contributed by atoms with E-state index in [9.17, 15) is 9.18 Å². The maximum absolute atomic E-state index is 14.3. The number of halogens is 1. The molecule has 0 radical (unpaired) electrons. The van der Waals surface area contributed by atoms with Crippen molar-refractivity contribution in [3.8, 4) is 0 Å². The minimum absolute atomic E-state index is 0.0785. The normalized spacial score (nSPS) is 27.1. The average molecular weight is 472 g/mol. The van der Waals surface area contributed by atoms with E-state index in [2.05, 4.69) is 11.0 Å². The Morgan fingerprint density at radius 3 is 2.15 bits per heavy atom. The molecule has 0 heterocycles. The molecule has 0 amide bonds. The molecular weight excluding hydrogens is 425 g/mol. The van der Waals surface area contributed by atoms with Gasteiger partial charge in [0.25, 0.3) is 0 Å². The number of benzene rings is 1. The summed E-state index contributed by atoms with van der Waals surface area (Å²) in [4.78, 5) is 15.1. The smallest absolute Gasteiger partial charge is 0.306 e. The summed E-state index contributed by atoms with van der Waals surface area (Å²) in [5.74, 6) is 2.01. The monoisotopic (exact) mass is 471 g/mol. The number of ether oxygens (including phenoxy) is 1. The summed E-state index contributed by atoms with van der Waals surface area (Å²) in [6.45, 7) is 4.72. The highest BCUT2D eigenvalue weighted by Crippen LogP contribution is 2.42. The van der Waals surface area contributed by atoms with E-state index in [-0.39, 0.29) is 17.7 Å². The van der Waals surface area contributed by atoms with Gasteiger partial charge in [-0.2, -0.15) is 0 Å². The van der Waals surface area contributed by atoms with Crippen molar-refractivity contribution in [3.63, 3.8) is 0 Å². The molecule has 3 fully saturated rings. The molecule has 0 spiro atoms. The van der Waals surface area contributed by atoms with Crippen molar-refractivity contribution in [2.45, 2.75) is 109 Å². The molecule has 4 heteroatoms. The number of nitrogens with zero attached hydrogens (tertiary/aromatic N) is 1. The fourth-order valence-electron chi connectivity index (χ4n) is 7.16. The van der Waals surface area contributed by atoms with Crippen molar-refractivity contribution < 1.29 is 13.9 Å². The maximum atomic E-state index is 14.3. The van der Waals surface area contributed by atoms with Crippen LogP contribution in [0.15, 0.2) is 24.3 Å². The van der Waals surface area contributed by atoms with Gasteiger partial charge in [0.2, 0.25) is 0 Å². The molecule has 0 unspecified atom stereocenters. The van der Waals surface area contributed by atoms with E-state index in [0.717, 1.165) is 36.7 Å². The summed E-state index contributed by atoms with van der Waals surface area (Å²) in [7, 11) is 0. The van der Waals surface area contributed by atoms with Crippen molar-refractivity contribution in [2.75, 3.05) is 19.7 Å². The van der Waals surface area contributed by atoms with Crippen molar-refractivity contribution in [1.82, 2.24) is 4.90 Å². The van der Waals surface area contributed by atoms with Crippen LogP contribution < -0.4 is 0 Å². The van der Waals surface area contributed by atoms with Gasteiger partial charge in [0, 0.05) is 25.6 Å². The molecule has 1 aromatic carbocycles. The van der Waals surface area contributed by atoms with Gasteiger partial charge in [-0.3, -0.25) is 9.69 Å². The minimum atomic E-state index is -0.144. The van der Waals surface area contributed by atoms with E-state index in [1.165, 1.54) is 77.3 Å². The van der Waals surface area contributed by atoms with E-state index >= 15 is 0 Å². The van der Waals surface area contributed by atoms with Crippen LogP contribution in [0.3, 0.4) is 0 Å². The molecule has 3 aliphatic rings. The van der Waals surface area contributed by atoms with Crippen LogP contribution in [0.5, 0.6) is 0 Å². The molecule has 1 aromatic rings. The van der Waals surface area contributed by atoms with Crippen LogP contribution in [0, 0.1) is 23.6 Å². The Bertz CT molecular complexity index is 736. The van der Waals surface area contributed by atoms with Gasteiger partial charge in [0.05, 0.1) is 6.61 Å². The van der Waals surface area contributed by atoms with E-state index in [1.807, 2.05) is 13.0 Å². The zero-order valence-corrected chi connectivity index (χ0v) is 21.4. The standard InChI is InChI=1S/C30H46FNO2/c1-2-34-30(33)19-25-16-17-29(28(18-25)26-14-9-15-27(31)20-26)32(21-23-10-5-3-6-11-23)22-24-12-7-4-8-13-24/h9,14-15,20,23-25,28-29H,2-8,10-13,16-19,21-22H2,1H3/t25-,28+,29-/m1/s1. The van der Waals surface area contributed by atoms with Gasteiger partial charge in [0.1, 0.15) is 5.82 Å². The van der Waals surface area contributed by atoms with Crippen LogP contribution in [0.4, 0.5) is 4.39 Å². The summed E-state index contributed by atoms with van der Waals surface area (Å²) < 4.78 is 19.6. The number of rotatable bonds is 9. The third-order valence-corrected chi connectivity index (χ3v) is 8.86. The van der Waals surface area contributed by atoms with Crippen LogP contribution >= 0.6 is 0 Å². The number of carbonyl (C=O) groups is 1. The highest BCUT2D eigenvalue weighted by molar-refractivity contribution is 5.69. The second kappa shape index (κ2) is 13.0. The van der Waals surface area contributed by atoms with Crippen LogP contribution in [0.1, 0.15) is 108 Å². The second-order valence-corrected chi connectivity index (χ2v) is 11.4. The van der Waals surface area contributed by atoms with Crippen LogP contribution in [0.25, 0.3) is 0 Å². The van der Waals surface area contributed by atoms with Gasteiger partial charge in [-0.1, -0.05) is 50.7 Å². The largest absolute Gasteiger partial charge is 0.466 e. The lowest BCUT2D eigenvalue weighted by Crippen LogP contribution is -2.47. The minimum Gasteiger partial charge on any atom is -0.466 e. The van der Waals surface area contributed by atoms with Gasteiger partial charge < -0.3 is 4.74 Å². The van der Waals surface area contributed by atoms with Crippen LogP contribution in [-0.2, 0) is 9.53 Å². The highest BCUT2D eigenvalue weighted by atomic mass is 19.1. The maximum Gasteiger partial charge on any atom is 0.306 e. The molecule has 3 atom stereocenters. The predicted octanol–water partition coefficient (Wildman–Crippen LogP) is 7.49. The molecule has 0 saturated heterocycles. The summed E-state index contributed by atoms with van der Waals surface area (Å²) in [6, 6.07) is 7.74. The lowest BCUT2D eigenvalue weighted by molar-refractivity contribution is -0.144. The summed E-state index contributed by atoms with van der Waals surface area (Å²) in [6.07, 6.45) is 17.4. The molecule has 3 aliphatic carbocycles. The van der Waals surface area contributed by atoms with Gasteiger partial charge in [-0.05, 0) is 93.2 Å². The second-order valence-electron chi connectivity index (χ2n) is 11.4. The van der Waals surface area contributed by atoms with Crippen molar-refractivity contribution >= 4 is 5.97 Å². The number of carbonyl (C=O) groups excluding carboxylic acids is 1. The Labute approximate surface area is 206 Å². The zero-order chi connectivity index (χ0) is 23.8. The van der Waals surface area contributed by atoms with Gasteiger partial charge >= 0.3 is 5.97 Å².